The molecule has 0 unspecified atom stereocenters. The summed E-state index contributed by atoms with van der Waals surface area (Å²) in [7, 11) is -4.87. The summed E-state index contributed by atoms with van der Waals surface area (Å²) in [5.74, 6) is -7.66. The first kappa shape index (κ1) is 72.2. The van der Waals surface area contributed by atoms with E-state index in [1.165, 1.54) is 19.6 Å². The van der Waals surface area contributed by atoms with Crippen molar-refractivity contribution in [2.45, 2.75) is 182 Å². The number of primary amides is 3. The van der Waals surface area contributed by atoms with Gasteiger partial charge in [0.2, 0.25) is 23.6 Å². The number of allylic oxidation sites excluding steroid dienone is 6. The number of nitrogens with zero attached hydrogens (tertiary/aromatic N) is 7. The number of nitrogens with two attached hydrogens (primary N) is 4. The summed E-state index contributed by atoms with van der Waals surface area (Å²) in [5.41, 5.74) is 22.8. The number of hydrogen-bond donors (Lipinski definition) is 13. The maximum Gasteiger partial charge on any atom is 2.00 e. The van der Waals surface area contributed by atoms with Crippen LogP contribution in [0.15, 0.2) is 61.9 Å². The SMILES string of the molecule is CC1=C2N=C(C=C3NC(=C(C)C4=N[C@@](C)([C@@H]5N=C1[C@](C)(CCC(=O)NC[C@@H](C)OP(=O)(O)O)[C@H]5CC(N)=O)[C@@](C)(CC(N)=O)[C@@H]4CCC(=N)[O-])[C@@](C)(CC(N)=O)[C@@H]3CCC(=N)[O-])C(C)(C)[C@@H]2CCC(=N)[O-].C[C@H]1O[C@@H](n2cnc3c(N)ncnc32)[C@H](O)[C@@H]1O.[Co+2]. The van der Waals surface area contributed by atoms with Crippen molar-refractivity contribution in [1.82, 2.24) is 30.2 Å². The smallest absolute Gasteiger partial charge is 0.862 e. The number of carbonyl (C=O) groups excluding carboxylic acids is 4. The van der Waals surface area contributed by atoms with Gasteiger partial charge in [-0.05, 0) is 114 Å². The minimum Gasteiger partial charge on any atom is -0.862 e. The monoisotopic (exact) mass is 1320 g/mol. The van der Waals surface area contributed by atoms with Crippen LogP contribution in [0.25, 0.3) is 11.2 Å². The Kier molecular flexibility index (Phi) is 21.8. The Morgan fingerprint density at radius 1 is 0.844 bits per heavy atom. The third-order valence-electron chi connectivity index (χ3n) is 19.5. The summed E-state index contributed by atoms with van der Waals surface area (Å²) < 4.78 is 23.3. The van der Waals surface area contributed by atoms with E-state index >= 15 is 0 Å². The Hall–Kier alpha value is -6.83. The summed E-state index contributed by atoms with van der Waals surface area (Å²) in [6.07, 6.45) is -0.852. The van der Waals surface area contributed by atoms with E-state index in [1.807, 2.05) is 47.6 Å². The van der Waals surface area contributed by atoms with Crippen LogP contribution in [-0.4, -0.2) is 141 Å². The average molecular weight is 1320 g/mol. The van der Waals surface area contributed by atoms with Gasteiger partial charge in [0.25, 0.3) is 0 Å². The van der Waals surface area contributed by atoms with E-state index in [1.54, 1.807) is 25.3 Å². The van der Waals surface area contributed by atoms with Gasteiger partial charge in [-0.3, -0.25) is 43.2 Å². The predicted molar refractivity (Wildman–Crippen MR) is 322 cm³/mol. The van der Waals surface area contributed by atoms with Crippen LogP contribution in [0, 0.1) is 61.6 Å². The van der Waals surface area contributed by atoms with E-state index in [-0.39, 0.29) is 99.8 Å². The van der Waals surface area contributed by atoms with Crippen molar-refractivity contribution in [2.24, 2.45) is 77.5 Å². The molecule has 8 bridgehead atoms. The quantitative estimate of drug-likeness (QED) is 0.0408. The van der Waals surface area contributed by atoms with Crippen molar-refractivity contribution < 1.29 is 85.1 Å². The van der Waals surface area contributed by atoms with E-state index < -0.39 is 137 Å². The number of hydrogen-bond acceptors (Lipinski definition) is 23. The maximum atomic E-state index is 13.7. The fourth-order valence-electron chi connectivity index (χ4n) is 14.6. The molecular formula is C58H84CoN16O14P-. The van der Waals surface area contributed by atoms with Crippen molar-refractivity contribution in [3.05, 3.63) is 47.0 Å². The van der Waals surface area contributed by atoms with Crippen molar-refractivity contribution in [3.8, 4) is 0 Å². The number of phosphoric ester groups is 1. The number of aliphatic hydroxyl groups is 2. The number of amides is 4. The van der Waals surface area contributed by atoms with Gasteiger partial charge in [-0.25, -0.2) is 19.5 Å². The van der Waals surface area contributed by atoms with Gasteiger partial charge >= 0.3 is 24.6 Å². The molecule has 14 atom stereocenters. The van der Waals surface area contributed by atoms with Crippen LogP contribution in [0.3, 0.4) is 0 Å². The second-order valence-corrected chi connectivity index (χ2v) is 27.1. The standard InChI is InChI=1S/C48H74N11O11P.C10H13N5O3.Co/c1-23(70-71(67,68)69)22-55-38(66)16-17-45(6)29(18-35(52)63)43-48(9)47(8,21-37(54)65)28(12-15-34(51)62)40(59-48)25(3)42-46(7,20-36(53)64)26(10-13-32(49)60)30(56-42)19-31-44(4,5)27(11-14-33(50)61)39(57-31)24(2)41(45)58-43;1-4-6(16)7(17)10(18-4)15-3-14-5-8(11)12-2-13-9(5)15;/h19,23,26-29,43,56H,10-18,20-22H2,1-9H3,(H2,49,60)(H2,50,61)(H2,51,62)(H2,52,63)(H2,53,64)(H2,54,65)(H,55,66)(H2,67,68,69);2-4,6-7,10,16-17H,1H3,(H2,11,12,13);/q;;+2/p-3/t23-,26-,27-,28-,29+,43-,45-,46+,47+,48+;4-,6-,7-,10-;/m11./s1. The molecule has 0 spiro atoms. The fourth-order valence-corrected chi connectivity index (χ4v) is 15.2. The number of carbonyl (C=O) groups is 4. The molecule has 4 amide bonds. The molecule has 6 aliphatic rings. The number of nitrogens with one attached hydrogen (secondary N) is 5. The molecule has 0 aromatic carbocycles. The number of fused-ring (bicyclic) bond motifs is 7. The molecule has 2 aromatic heterocycles. The minimum atomic E-state index is -4.87. The van der Waals surface area contributed by atoms with Crippen LogP contribution in [0.1, 0.15) is 146 Å². The third kappa shape index (κ3) is 14.3. The molecule has 0 aliphatic carbocycles. The van der Waals surface area contributed by atoms with Gasteiger partial charge in [0.1, 0.15) is 24.1 Å². The molecule has 30 nitrogen and oxygen atoms in total. The summed E-state index contributed by atoms with van der Waals surface area (Å²) >= 11 is 0. The van der Waals surface area contributed by atoms with Crippen molar-refractivity contribution in [1.29, 1.82) is 16.2 Å². The van der Waals surface area contributed by atoms with Crippen LogP contribution in [0.4, 0.5) is 5.82 Å². The number of imidazole rings is 1. The predicted octanol–water partition coefficient (Wildman–Crippen LogP) is 0.455. The zero-order valence-corrected chi connectivity index (χ0v) is 54.0. The zero-order valence-electron chi connectivity index (χ0n) is 52.1. The molecule has 2 aromatic rings. The number of nitrogen functional groups attached to an aromatic ring is 1. The Morgan fingerprint density at radius 3 is 1.98 bits per heavy atom. The topological polar surface area (TPSA) is 534 Å². The molecular weight excluding hydrogens is 1230 g/mol. The number of phosphoric acid groups is 1. The summed E-state index contributed by atoms with van der Waals surface area (Å²) in [4.78, 5) is 101. The number of aromatic nitrogens is 4. The first-order chi connectivity index (χ1) is 41.2. The molecule has 2 fully saturated rings. The molecule has 90 heavy (non-hydrogen) atoms. The van der Waals surface area contributed by atoms with E-state index in [0.29, 0.717) is 56.5 Å². The molecule has 6 aliphatic heterocycles. The van der Waals surface area contributed by atoms with Crippen LogP contribution in [0.2, 0.25) is 0 Å². The molecule has 2 saturated heterocycles. The number of ether oxygens (including phenoxy) is 1. The van der Waals surface area contributed by atoms with E-state index in [9.17, 15) is 59.1 Å². The van der Waals surface area contributed by atoms with Gasteiger partial charge in [-0.15, -0.1) is 0 Å². The fraction of sp³-hybridized carbons (Fsp3) is 0.638. The van der Waals surface area contributed by atoms with Crippen LogP contribution < -0.4 is 48.9 Å². The normalized spacial score (nSPS) is 31.2. The van der Waals surface area contributed by atoms with E-state index in [4.69, 9.17) is 63.4 Å². The van der Waals surface area contributed by atoms with Crippen molar-refractivity contribution in [2.75, 3.05) is 12.3 Å². The van der Waals surface area contributed by atoms with Gasteiger partial charge in [-0.2, -0.15) is 0 Å². The van der Waals surface area contributed by atoms with Crippen LogP contribution in [0.5, 0.6) is 0 Å². The van der Waals surface area contributed by atoms with Crippen LogP contribution >= 0.6 is 7.82 Å². The van der Waals surface area contributed by atoms with Gasteiger partial charge in [0.05, 0.1) is 30.1 Å². The zero-order chi connectivity index (χ0) is 66.4. The largest absolute Gasteiger partial charge is 2.00 e. The second-order valence-electron chi connectivity index (χ2n) is 25.9. The Labute approximate surface area is 531 Å². The molecule has 17 N–H and O–H groups in total. The van der Waals surface area contributed by atoms with Gasteiger partial charge in [0.15, 0.2) is 17.7 Å². The Morgan fingerprint density at radius 2 is 1.43 bits per heavy atom. The Balaban J connectivity index is 0.000000573. The number of rotatable bonds is 23. The number of anilines is 1. The maximum absolute atomic E-state index is 13.7. The third-order valence-corrected chi connectivity index (χ3v) is 20.1. The van der Waals surface area contributed by atoms with Crippen LogP contribution in [-0.2, 0) is 49.8 Å². The number of aliphatic hydroxyl groups excluding tert-OH is 2. The first-order valence-electron chi connectivity index (χ1n) is 29.4. The number of aliphatic imine (C=N–C) groups is 3. The first-order valence-corrected chi connectivity index (χ1v) is 31.0. The second kappa shape index (κ2) is 27.2. The minimum absolute atomic E-state index is 0. The van der Waals surface area contributed by atoms with E-state index in [0.717, 1.165) is 0 Å². The average Bonchev–Trinajstić information content (AvgIpc) is 1.53. The summed E-state index contributed by atoms with van der Waals surface area (Å²) in [5, 5.41) is 87.1. The van der Waals surface area contributed by atoms with Gasteiger partial charge in [0, 0.05) is 112 Å². The summed E-state index contributed by atoms with van der Waals surface area (Å²) in [6.45, 7) is 17.6. The molecule has 1 radical (unpaired) electrons. The molecule has 8 heterocycles. The molecule has 0 saturated carbocycles. The molecule has 8 rings (SSSR count). The molecule has 495 valence electrons. The van der Waals surface area contributed by atoms with Gasteiger partial charge < -0.3 is 89.9 Å². The van der Waals surface area contributed by atoms with E-state index in [2.05, 4.69) is 25.6 Å². The molecule has 32 heteroatoms. The van der Waals surface area contributed by atoms with Crippen molar-refractivity contribution >= 4 is 83.3 Å². The summed E-state index contributed by atoms with van der Waals surface area (Å²) in [6, 6.07) is -1.02. The Bertz CT molecular complexity index is 3450. The van der Waals surface area contributed by atoms with Gasteiger partial charge in [-0.1, -0.05) is 34.6 Å². The van der Waals surface area contributed by atoms with Crippen molar-refractivity contribution in [3.63, 3.8) is 0 Å².